The van der Waals surface area contributed by atoms with Crippen LogP contribution in [0.3, 0.4) is 0 Å². The van der Waals surface area contributed by atoms with E-state index in [1.165, 1.54) is 0 Å². The number of benzene rings is 1. The van der Waals surface area contributed by atoms with Crippen LogP contribution in [0.4, 0.5) is 0 Å². The molecule has 2 aliphatic heterocycles. The van der Waals surface area contributed by atoms with E-state index < -0.39 is 5.41 Å². The molecule has 0 radical (unpaired) electrons. The van der Waals surface area contributed by atoms with E-state index in [0.717, 1.165) is 31.2 Å². The molecule has 132 valence electrons. The maximum absolute atomic E-state index is 12.9. The lowest BCUT2D eigenvalue weighted by molar-refractivity contribution is -0.201. The highest BCUT2D eigenvalue weighted by molar-refractivity contribution is 6.42. The minimum absolute atomic E-state index is 0.0181. The van der Waals surface area contributed by atoms with Crippen molar-refractivity contribution in [1.29, 1.82) is 0 Å². The Hall–Kier alpha value is -0.810. The highest BCUT2D eigenvalue weighted by Crippen LogP contribution is 2.40. The van der Waals surface area contributed by atoms with Crippen molar-refractivity contribution in [2.75, 3.05) is 13.2 Å². The van der Waals surface area contributed by atoms with E-state index in [0.29, 0.717) is 29.6 Å². The molecule has 2 fully saturated rings. The van der Waals surface area contributed by atoms with Gasteiger partial charge in [0.15, 0.2) is 6.29 Å². The molecule has 24 heavy (non-hydrogen) atoms. The molecule has 0 bridgehead atoms. The first kappa shape index (κ1) is 18.0. The van der Waals surface area contributed by atoms with Crippen molar-refractivity contribution >= 4 is 29.1 Å². The second kappa shape index (κ2) is 7.61. The smallest absolute Gasteiger partial charge is 0.233 e. The molecule has 3 unspecified atom stereocenters. The third kappa shape index (κ3) is 3.43. The fourth-order valence-corrected chi connectivity index (χ4v) is 3.97. The summed E-state index contributed by atoms with van der Waals surface area (Å²) in [5.74, 6) is -0.0181. The van der Waals surface area contributed by atoms with Crippen molar-refractivity contribution in [3.05, 3.63) is 33.8 Å². The number of carbonyl (C=O) groups excluding carboxylic acids is 1. The van der Waals surface area contributed by atoms with Gasteiger partial charge in [0.1, 0.15) is 5.41 Å². The van der Waals surface area contributed by atoms with Crippen LogP contribution in [0.1, 0.15) is 44.6 Å². The van der Waals surface area contributed by atoms with Crippen molar-refractivity contribution in [1.82, 2.24) is 5.32 Å². The molecule has 1 N–H and O–H groups in total. The second-order valence-corrected chi connectivity index (χ2v) is 7.35. The molecule has 2 aliphatic rings. The van der Waals surface area contributed by atoms with Crippen LogP contribution in [-0.4, -0.2) is 31.5 Å². The van der Waals surface area contributed by atoms with Gasteiger partial charge in [-0.3, -0.25) is 4.79 Å². The standard InChI is InChI=1S/C18H23Cl2NO3/c1-12(24-16-5-2-3-10-23-16)18(8-4-9-21-17(18)22)13-6-7-14(19)15(20)11-13/h6-7,11-12,16H,2-5,8-10H2,1H3,(H,21,22). The molecule has 0 aliphatic carbocycles. The average Bonchev–Trinajstić information content (AvgIpc) is 2.59. The lowest BCUT2D eigenvalue weighted by Crippen LogP contribution is -2.56. The summed E-state index contributed by atoms with van der Waals surface area (Å²) in [5, 5.41) is 3.92. The van der Waals surface area contributed by atoms with Crippen molar-refractivity contribution < 1.29 is 14.3 Å². The van der Waals surface area contributed by atoms with E-state index >= 15 is 0 Å². The van der Waals surface area contributed by atoms with Gasteiger partial charge in [0.2, 0.25) is 5.91 Å². The van der Waals surface area contributed by atoms with E-state index in [4.69, 9.17) is 32.7 Å². The summed E-state index contributed by atoms with van der Waals surface area (Å²) >= 11 is 12.3. The summed E-state index contributed by atoms with van der Waals surface area (Å²) in [4.78, 5) is 12.9. The zero-order chi connectivity index (χ0) is 17.2. The molecule has 1 aromatic carbocycles. The molecule has 0 spiro atoms. The number of amides is 1. The maximum atomic E-state index is 12.9. The summed E-state index contributed by atoms with van der Waals surface area (Å²) in [6, 6.07) is 5.41. The first-order valence-electron chi connectivity index (χ1n) is 8.55. The average molecular weight is 372 g/mol. The van der Waals surface area contributed by atoms with Gasteiger partial charge in [0.05, 0.1) is 16.1 Å². The van der Waals surface area contributed by atoms with Gasteiger partial charge in [-0.15, -0.1) is 0 Å². The monoisotopic (exact) mass is 371 g/mol. The lowest BCUT2D eigenvalue weighted by Gasteiger charge is -2.42. The second-order valence-electron chi connectivity index (χ2n) is 6.53. The zero-order valence-corrected chi connectivity index (χ0v) is 15.3. The van der Waals surface area contributed by atoms with E-state index in [-0.39, 0.29) is 18.3 Å². The van der Waals surface area contributed by atoms with Crippen molar-refractivity contribution in [3.63, 3.8) is 0 Å². The number of carbonyl (C=O) groups is 1. The van der Waals surface area contributed by atoms with Gasteiger partial charge >= 0.3 is 0 Å². The van der Waals surface area contributed by atoms with Gasteiger partial charge in [-0.1, -0.05) is 29.3 Å². The van der Waals surface area contributed by atoms with Crippen LogP contribution < -0.4 is 5.32 Å². The Labute approximate surface area is 152 Å². The molecule has 3 rings (SSSR count). The van der Waals surface area contributed by atoms with Gasteiger partial charge < -0.3 is 14.8 Å². The van der Waals surface area contributed by atoms with Crippen LogP contribution in [0.5, 0.6) is 0 Å². The van der Waals surface area contributed by atoms with Crippen LogP contribution in [0.2, 0.25) is 10.0 Å². The minimum Gasteiger partial charge on any atom is -0.355 e. The number of piperidine rings is 1. The molecule has 6 heteroatoms. The summed E-state index contributed by atoms with van der Waals surface area (Å²) in [7, 11) is 0. The number of hydrogen-bond donors (Lipinski definition) is 1. The summed E-state index contributed by atoms with van der Waals surface area (Å²) in [6.07, 6.45) is 4.05. The normalized spacial score (nSPS) is 29.1. The predicted octanol–water partition coefficient (Wildman–Crippen LogP) is 4.07. The van der Waals surface area contributed by atoms with Crippen LogP contribution in [0.15, 0.2) is 18.2 Å². The Bertz CT molecular complexity index is 604. The van der Waals surface area contributed by atoms with Crippen LogP contribution in [-0.2, 0) is 19.7 Å². The first-order valence-corrected chi connectivity index (χ1v) is 9.30. The molecule has 3 atom stereocenters. The van der Waals surface area contributed by atoms with Gasteiger partial charge in [-0.25, -0.2) is 0 Å². The molecule has 0 aromatic heterocycles. The van der Waals surface area contributed by atoms with Crippen molar-refractivity contribution in [3.8, 4) is 0 Å². The Morgan fingerprint density at radius 1 is 1.29 bits per heavy atom. The lowest BCUT2D eigenvalue weighted by atomic mass is 9.70. The van der Waals surface area contributed by atoms with Gasteiger partial charge in [-0.2, -0.15) is 0 Å². The van der Waals surface area contributed by atoms with E-state index in [2.05, 4.69) is 5.32 Å². The first-order chi connectivity index (χ1) is 11.5. The fourth-order valence-electron chi connectivity index (χ4n) is 3.67. The van der Waals surface area contributed by atoms with E-state index in [9.17, 15) is 4.79 Å². The third-order valence-electron chi connectivity index (χ3n) is 5.06. The zero-order valence-electron chi connectivity index (χ0n) is 13.8. The van der Waals surface area contributed by atoms with Crippen LogP contribution in [0.25, 0.3) is 0 Å². The Balaban J connectivity index is 1.92. The number of rotatable bonds is 4. The quantitative estimate of drug-likeness (QED) is 0.867. The highest BCUT2D eigenvalue weighted by Gasteiger charge is 2.48. The third-order valence-corrected chi connectivity index (χ3v) is 5.80. The van der Waals surface area contributed by atoms with Crippen molar-refractivity contribution in [2.45, 2.75) is 56.8 Å². The highest BCUT2D eigenvalue weighted by atomic mass is 35.5. The van der Waals surface area contributed by atoms with Gasteiger partial charge in [-0.05, 0) is 56.7 Å². The Morgan fingerprint density at radius 3 is 2.79 bits per heavy atom. The maximum Gasteiger partial charge on any atom is 0.233 e. The molecule has 4 nitrogen and oxygen atoms in total. The summed E-state index contributed by atoms with van der Waals surface area (Å²) < 4.78 is 11.9. The number of ether oxygens (including phenoxy) is 2. The van der Waals surface area contributed by atoms with Gasteiger partial charge in [0.25, 0.3) is 0 Å². The molecule has 2 saturated heterocycles. The number of hydrogen-bond acceptors (Lipinski definition) is 3. The Kier molecular flexibility index (Phi) is 5.70. The minimum atomic E-state index is -0.771. The topological polar surface area (TPSA) is 47.6 Å². The molecule has 1 amide bonds. The fraction of sp³-hybridized carbons (Fsp3) is 0.611. The predicted molar refractivity (Wildman–Crippen MR) is 94.5 cm³/mol. The van der Waals surface area contributed by atoms with Crippen LogP contribution >= 0.6 is 23.2 Å². The molecule has 1 aromatic rings. The Morgan fingerprint density at radius 2 is 2.12 bits per heavy atom. The molecular formula is C18H23Cl2NO3. The number of halogens is 2. The SMILES string of the molecule is CC(OC1CCCCO1)C1(c2ccc(Cl)c(Cl)c2)CCCNC1=O. The molecule has 2 heterocycles. The number of nitrogens with one attached hydrogen (secondary N) is 1. The van der Waals surface area contributed by atoms with E-state index in [1.807, 2.05) is 13.0 Å². The molecule has 0 saturated carbocycles. The summed E-state index contributed by atoms with van der Waals surface area (Å²) in [5.41, 5.74) is 0.0743. The largest absolute Gasteiger partial charge is 0.355 e. The molecular weight excluding hydrogens is 349 g/mol. The van der Waals surface area contributed by atoms with Gasteiger partial charge in [0, 0.05) is 13.2 Å². The van der Waals surface area contributed by atoms with Crippen molar-refractivity contribution in [2.24, 2.45) is 0 Å². The van der Waals surface area contributed by atoms with E-state index in [1.54, 1.807) is 12.1 Å². The summed E-state index contributed by atoms with van der Waals surface area (Å²) in [6.45, 7) is 3.35. The van der Waals surface area contributed by atoms with Crippen LogP contribution in [0, 0.1) is 0 Å².